The average Bonchev–Trinajstić information content (AvgIpc) is 3.31. The number of hydrogen-bond donors (Lipinski definition) is 1. The second-order valence-electron chi connectivity index (χ2n) is 7.15. The van der Waals surface area contributed by atoms with Gasteiger partial charge in [-0.2, -0.15) is 0 Å². The van der Waals surface area contributed by atoms with E-state index in [1.165, 1.54) is 0 Å². The van der Waals surface area contributed by atoms with Crippen molar-refractivity contribution >= 4 is 5.91 Å². The summed E-state index contributed by atoms with van der Waals surface area (Å²) in [6.45, 7) is 5.69. The second-order valence-corrected chi connectivity index (χ2v) is 7.15. The van der Waals surface area contributed by atoms with Crippen LogP contribution in [0.5, 0.6) is 0 Å². The Kier molecular flexibility index (Phi) is 5.58. The molecule has 1 amide bonds. The standard InChI is InChI=1S/C21H28N2O/c1-2-3-15-23(16-7-10-18-8-5-4-6-9-18)20(24)19-17-21(19)11-13-22-14-12-21/h4-6,8-9,19,22H,2-3,11-17H2,1H3/t19-/m1/s1. The Morgan fingerprint density at radius 2 is 2.04 bits per heavy atom. The quantitative estimate of drug-likeness (QED) is 0.844. The van der Waals surface area contributed by atoms with Crippen molar-refractivity contribution in [1.82, 2.24) is 10.2 Å². The number of piperidine rings is 1. The topological polar surface area (TPSA) is 32.3 Å². The summed E-state index contributed by atoms with van der Waals surface area (Å²) in [6.07, 6.45) is 5.55. The number of benzene rings is 1. The number of nitrogens with one attached hydrogen (secondary N) is 1. The van der Waals surface area contributed by atoms with Crippen LogP contribution >= 0.6 is 0 Å². The second kappa shape index (κ2) is 7.85. The maximum absolute atomic E-state index is 13.0. The largest absolute Gasteiger partial charge is 0.331 e. The fourth-order valence-electron chi connectivity index (χ4n) is 3.77. The fourth-order valence-corrected chi connectivity index (χ4v) is 3.77. The lowest BCUT2D eigenvalue weighted by Crippen LogP contribution is -2.37. The summed E-state index contributed by atoms with van der Waals surface area (Å²) >= 11 is 0. The van der Waals surface area contributed by atoms with E-state index in [1.807, 2.05) is 35.2 Å². The number of unbranched alkanes of at least 4 members (excludes halogenated alkanes) is 1. The summed E-state index contributed by atoms with van der Waals surface area (Å²) in [7, 11) is 0. The molecule has 0 radical (unpaired) electrons. The lowest BCUT2D eigenvalue weighted by atomic mass is 9.91. The van der Waals surface area contributed by atoms with Gasteiger partial charge in [0.05, 0.1) is 6.54 Å². The van der Waals surface area contributed by atoms with Gasteiger partial charge in [-0.15, -0.1) is 0 Å². The molecule has 0 bridgehead atoms. The average molecular weight is 324 g/mol. The van der Waals surface area contributed by atoms with Crippen molar-refractivity contribution in [3.63, 3.8) is 0 Å². The van der Waals surface area contributed by atoms with Crippen molar-refractivity contribution in [2.75, 3.05) is 26.2 Å². The maximum Gasteiger partial charge on any atom is 0.227 e. The number of carbonyl (C=O) groups excluding carboxylic acids is 1. The van der Waals surface area contributed by atoms with Gasteiger partial charge in [0.2, 0.25) is 5.91 Å². The van der Waals surface area contributed by atoms with Crippen LogP contribution < -0.4 is 5.32 Å². The van der Waals surface area contributed by atoms with Crippen molar-refractivity contribution in [2.45, 2.75) is 39.0 Å². The van der Waals surface area contributed by atoms with Crippen molar-refractivity contribution < 1.29 is 4.79 Å². The summed E-state index contributed by atoms with van der Waals surface area (Å²) in [6, 6.07) is 10.0. The van der Waals surface area contributed by atoms with Crippen LogP contribution in [0.4, 0.5) is 0 Å². The fraction of sp³-hybridized carbons (Fsp3) is 0.571. The third-order valence-corrected chi connectivity index (χ3v) is 5.46. The van der Waals surface area contributed by atoms with Crippen LogP contribution in [-0.2, 0) is 4.79 Å². The van der Waals surface area contributed by atoms with E-state index in [9.17, 15) is 4.79 Å². The minimum atomic E-state index is 0.245. The zero-order valence-electron chi connectivity index (χ0n) is 14.7. The Morgan fingerprint density at radius 1 is 1.29 bits per heavy atom. The van der Waals surface area contributed by atoms with E-state index in [-0.39, 0.29) is 5.92 Å². The summed E-state index contributed by atoms with van der Waals surface area (Å²) in [4.78, 5) is 15.0. The van der Waals surface area contributed by atoms with Crippen LogP contribution in [0.1, 0.15) is 44.6 Å². The number of amides is 1. The minimum Gasteiger partial charge on any atom is -0.331 e. The Balaban J connectivity index is 1.61. The third kappa shape index (κ3) is 3.99. The zero-order chi connectivity index (χ0) is 16.8. The zero-order valence-corrected chi connectivity index (χ0v) is 14.7. The van der Waals surface area contributed by atoms with Gasteiger partial charge in [0.1, 0.15) is 0 Å². The van der Waals surface area contributed by atoms with Crippen molar-refractivity contribution in [3.8, 4) is 11.8 Å². The van der Waals surface area contributed by atoms with Crippen LogP contribution in [0.2, 0.25) is 0 Å². The van der Waals surface area contributed by atoms with E-state index in [1.54, 1.807) is 0 Å². The van der Waals surface area contributed by atoms with Crippen LogP contribution in [0.25, 0.3) is 0 Å². The van der Waals surface area contributed by atoms with Gasteiger partial charge in [0.15, 0.2) is 0 Å². The summed E-state index contributed by atoms with van der Waals surface area (Å²) in [5.74, 6) is 6.98. The van der Waals surface area contributed by atoms with Crippen LogP contribution in [0.3, 0.4) is 0 Å². The van der Waals surface area contributed by atoms with E-state index in [2.05, 4.69) is 24.1 Å². The van der Waals surface area contributed by atoms with Gasteiger partial charge in [0.25, 0.3) is 0 Å². The molecule has 128 valence electrons. The first-order valence-electron chi connectivity index (χ1n) is 9.28. The molecule has 2 aliphatic rings. The highest BCUT2D eigenvalue weighted by Crippen LogP contribution is 2.59. The lowest BCUT2D eigenvalue weighted by molar-refractivity contribution is -0.133. The highest BCUT2D eigenvalue weighted by Gasteiger charge is 2.58. The summed E-state index contributed by atoms with van der Waals surface area (Å²) in [5.41, 5.74) is 1.32. The van der Waals surface area contributed by atoms with Gasteiger partial charge in [-0.3, -0.25) is 4.79 Å². The first kappa shape index (κ1) is 17.0. The third-order valence-electron chi connectivity index (χ3n) is 5.46. The molecule has 3 nitrogen and oxygen atoms in total. The molecule has 1 aliphatic carbocycles. The van der Waals surface area contributed by atoms with Gasteiger partial charge in [0, 0.05) is 18.0 Å². The van der Waals surface area contributed by atoms with Crippen LogP contribution in [0.15, 0.2) is 30.3 Å². The van der Waals surface area contributed by atoms with Gasteiger partial charge >= 0.3 is 0 Å². The number of hydrogen-bond acceptors (Lipinski definition) is 2. The molecule has 1 aliphatic heterocycles. The van der Waals surface area contributed by atoms with E-state index < -0.39 is 0 Å². The molecule has 1 saturated carbocycles. The number of carbonyl (C=O) groups is 1. The number of nitrogens with zero attached hydrogens (tertiary/aromatic N) is 1. The van der Waals surface area contributed by atoms with Crippen molar-refractivity contribution in [3.05, 3.63) is 35.9 Å². The van der Waals surface area contributed by atoms with Gasteiger partial charge < -0.3 is 10.2 Å². The Labute approximate surface area is 145 Å². The van der Waals surface area contributed by atoms with E-state index in [4.69, 9.17) is 0 Å². The normalized spacial score (nSPS) is 21.0. The molecule has 1 N–H and O–H groups in total. The van der Waals surface area contributed by atoms with Crippen LogP contribution in [0, 0.1) is 23.2 Å². The molecular weight excluding hydrogens is 296 g/mol. The molecule has 1 spiro atoms. The molecule has 0 unspecified atom stereocenters. The van der Waals surface area contributed by atoms with Crippen LogP contribution in [-0.4, -0.2) is 37.0 Å². The van der Waals surface area contributed by atoms with Gasteiger partial charge in [-0.05, 0) is 56.3 Å². The Morgan fingerprint density at radius 3 is 2.75 bits per heavy atom. The minimum absolute atomic E-state index is 0.245. The van der Waals surface area contributed by atoms with E-state index in [0.29, 0.717) is 17.9 Å². The monoisotopic (exact) mass is 324 g/mol. The van der Waals surface area contributed by atoms with E-state index >= 15 is 0 Å². The molecule has 1 aromatic carbocycles. The molecule has 1 atom stereocenters. The summed E-state index contributed by atoms with van der Waals surface area (Å²) in [5, 5.41) is 3.41. The van der Waals surface area contributed by atoms with Crippen molar-refractivity contribution in [2.24, 2.45) is 11.3 Å². The van der Waals surface area contributed by atoms with E-state index in [0.717, 1.165) is 57.3 Å². The first-order valence-corrected chi connectivity index (χ1v) is 9.28. The van der Waals surface area contributed by atoms with Gasteiger partial charge in [-0.25, -0.2) is 0 Å². The highest BCUT2D eigenvalue weighted by molar-refractivity contribution is 5.83. The Bertz CT molecular complexity index is 608. The molecule has 1 aromatic rings. The predicted octanol–water partition coefficient (Wildman–Crippen LogP) is 3.06. The number of rotatable bonds is 5. The molecule has 3 heteroatoms. The SMILES string of the molecule is CCCCN(CC#Cc1ccccc1)C(=O)[C@H]1CC12CCNCC2. The molecule has 0 aromatic heterocycles. The molecule has 1 saturated heterocycles. The van der Waals surface area contributed by atoms with Gasteiger partial charge in [-0.1, -0.05) is 43.4 Å². The maximum atomic E-state index is 13.0. The summed E-state index contributed by atoms with van der Waals surface area (Å²) < 4.78 is 0. The first-order chi connectivity index (χ1) is 11.7. The molecule has 24 heavy (non-hydrogen) atoms. The highest BCUT2D eigenvalue weighted by atomic mass is 16.2. The lowest BCUT2D eigenvalue weighted by Gasteiger charge is -2.26. The Hall–Kier alpha value is -1.79. The predicted molar refractivity (Wildman–Crippen MR) is 97.5 cm³/mol. The van der Waals surface area contributed by atoms with Crippen molar-refractivity contribution in [1.29, 1.82) is 0 Å². The smallest absolute Gasteiger partial charge is 0.227 e. The molecule has 1 heterocycles. The molecular formula is C21H28N2O. The molecule has 3 rings (SSSR count). The molecule has 2 fully saturated rings.